The first-order valence-electron chi connectivity index (χ1n) is 7.56. The molecule has 2 rings (SSSR count). The van der Waals surface area contributed by atoms with Crippen LogP contribution >= 0.6 is 0 Å². The molecule has 1 aromatic carbocycles. The molecule has 1 fully saturated rings. The minimum atomic E-state index is -5.08. The van der Waals surface area contributed by atoms with Gasteiger partial charge in [0.25, 0.3) is 0 Å². The third-order valence-electron chi connectivity index (χ3n) is 3.33. The number of alkyl halides is 6. The molecule has 0 spiro atoms. The van der Waals surface area contributed by atoms with Crippen molar-refractivity contribution in [3.63, 3.8) is 0 Å². The van der Waals surface area contributed by atoms with E-state index in [2.05, 4.69) is 15.4 Å². The zero-order chi connectivity index (χ0) is 19.8. The van der Waals surface area contributed by atoms with Gasteiger partial charge in [0.2, 0.25) is 0 Å². The summed E-state index contributed by atoms with van der Waals surface area (Å²) in [5.74, 6) is -2.94. The molecule has 1 heterocycles. The van der Waals surface area contributed by atoms with Crippen molar-refractivity contribution in [3.8, 4) is 5.75 Å². The van der Waals surface area contributed by atoms with Gasteiger partial charge in [-0.15, -0.1) is 13.2 Å². The number of aliphatic carboxylic acids is 1. The Morgan fingerprint density at radius 1 is 1.12 bits per heavy atom. The van der Waals surface area contributed by atoms with Crippen LogP contribution in [0, 0.1) is 0 Å². The van der Waals surface area contributed by atoms with Crippen molar-refractivity contribution >= 4 is 5.97 Å². The molecule has 0 saturated carbocycles. The number of ether oxygens (including phenoxy) is 1. The van der Waals surface area contributed by atoms with E-state index in [0.717, 1.165) is 31.5 Å². The second kappa shape index (κ2) is 9.62. The van der Waals surface area contributed by atoms with Gasteiger partial charge in [-0.2, -0.15) is 13.2 Å². The maximum atomic E-state index is 12.0. The second-order valence-corrected chi connectivity index (χ2v) is 5.40. The molecule has 1 aliphatic heterocycles. The van der Waals surface area contributed by atoms with Crippen LogP contribution in [0.5, 0.6) is 5.75 Å². The zero-order valence-electron chi connectivity index (χ0n) is 13.5. The number of piperidine rings is 1. The smallest absolute Gasteiger partial charge is 0.475 e. The van der Waals surface area contributed by atoms with Gasteiger partial charge in [0, 0.05) is 12.6 Å². The summed E-state index contributed by atoms with van der Waals surface area (Å²) in [5.41, 5.74) is 0.952. The third kappa shape index (κ3) is 9.47. The van der Waals surface area contributed by atoms with E-state index in [1.807, 2.05) is 0 Å². The molecule has 0 unspecified atom stereocenters. The number of carbonyl (C=O) groups is 1. The number of rotatable bonds is 4. The van der Waals surface area contributed by atoms with E-state index in [-0.39, 0.29) is 5.75 Å². The SMILES string of the molecule is FC(F)(F)Oc1ccc(CNC2CCNCC2)cc1.O=C(O)C(F)(F)F. The number of hydrogen-bond donors (Lipinski definition) is 3. The highest BCUT2D eigenvalue weighted by Crippen LogP contribution is 2.22. The summed E-state index contributed by atoms with van der Waals surface area (Å²) >= 11 is 0. The first-order chi connectivity index (χ1) is 12.0. The standard InChI is InChI=1S/C13H17F3N2O.C2HF3O2/c14-13(15,16)19-12-3-1-10(2-4-12)9-18-11-5-7-17-8-6-11;3-2(4,5)1(6)7/h1-4,11,17-18H,5-9H2;(H,6,7). The molecule has 26 heavy (non-hydrogen) atoms. The fourth-order valence-electron chi connectivity index (χ4n) is 2.10. The molecule has 148 valence electrons. The van der Waals surface area contributed by atoms with E-state index in [1.165, 1.54) is 12.1 Å². The zero-order valence-corrected chi connectivity index (χ0v) is 13.5. The Morgan fingerprint density at radius 3 is 2.04 bits per heavy atom. The Balaban J connectivity index is 0.000000412. The fraction of sp³-hybridized carbons (Fsp3) is 0.533. The Bertz CT molecular complexity index is 554. The molecule has 0 atom stereocenters. The number of hydrogen-bond acceptors (Lipinski definition) is 4. The molecular formula is C15H18F6N2O3. The van der Waals surface area contributed by atoms with Crippen LogP contribution in [-0.4, -0.2) is 42.7 Å². The number of halogens is 6. The summed E-state index contributed by atoms with van der Waals surface area (Å²) in [4.78, 5) is 8.90. The minimum absolute atomic E-state index is 0.182. The van der Waals surface area contributed by atoms with Crippen LogP contribution in [-0.2, 0) is 11.3 Å². The van der Waals surface area contributed by atoms with E-state index in [1.54, 1.807) is 12.1 Å². The van der Waals surface area contributed by atoms with Gasteiger partial charge in [-0.3, -0.25) is 0 Å². The predicted molar refractivity (Wildman–Crippen MR) is 79.5 cm³/mol. The normalized spacial score (nSPS) is 15.8. The molecule has 5 nitrogen and oxygen atoms in total. The van der Waals surface area contributed by atoms with Crippen molar-refractivity contribution < 1.29 is 41.0 Å². The Hall–Kier alpha value is -2.01. The number of carboxylic acid groups (broad SMARTS) is 1. The van der Waals surface area contributed by atoms with Crippen molar-refractivity contribution in [3.05, 3.63) is 29.8 Å². The molecule has 0 amide bonds. The lowest BCUT2D eigenvalue weighted by Gasteiger charge is -2.23. The molecule has 0 aliphatic carbocycles. The second-order valence-electron chi connectivity index (χ2n) is 5.40. The minimum Gasteiger partial charge on any atom is -0.475 e. The lowest BCUT2D eigenvalue weighted by atomic mass is 10.1. The maximum Gasteiger partial charge on any atom is 0.573 e. The predicted octanol–water partition coefficient (Wildman–Crippen LogP) is 3.06. The van der Waals surface area contributed by atoms with Gasteiger partial charge < -0.3 is 20.5 Å². The first kappa shape index (κ1) is 22.0. The van der Waals surface area contributed by atoms with Crippen LogP contribution in [0.15, 0.2) is 24.3 Å². The Kier molecular flexibility index (Phi) is 8.15. The Labute approximate surface area is 145 Å². The molecule has 3 N–H and O–H groups in total. The largest absolute Gasteiger partial charge is 0.573 e. The summed E-state index contributed by atoms with van der Waals surface area (Å²) < 4.78 is 71.5. The lowest BCUT2D eigenvalue weighted by Crippen LogP contribution is -2.39. The average Bonchev–Trinajstić information content (AvgIpc) is 2.53. The van der Waals surface area contributed by atoms with Crippen molar-refractivity contribution in [1.82, 2.24) is 10.6 Å². The number of nitrogens with one attached hydrogen (secondary N) is 2. The van der Waals surface area contributed by atoms with Gasteiger partial charge in [-0.25, -0.2) is 4.79 Å². The molecule has 11 heteroatoms. The molecule has 0 bridgehead atoms. The molecule has 1 aliphatic rings. The maximum absolute atomic E-state index is 12.0. The average molecular weight is 388 g/mol. The number of benzene rings is 1. The highest BCUT2D eigenvalue weighted by Gasteiger charge is 2.38. The van der Waals surface area contributed by atoms with Gasteiger partial charge in [-0.05, 0) is 43.6 Å². The van der Waals surface area contributed by atoms with E-state index < -0.39 is 18.5 Å². The first-order valence-corrected chi connectivity index (χ1v) is 7.56. The lowest BCUT2D eigenvalue weighted by molar-refractivity contribution is -0.274. The summed E-state index contributed by atoms with van der Waals surface area (Å²) in [5, 5.41) is 13.8. The third-order valence-corrected chi connectivity index (χ3v) is 3.33. The van der Waals surface area contributed by atoms with Crippen molar-refractivity contribution in [2.24, 2.45) is 0 Å². The van der Waals surface area contributed by atoms with Crippen LogP contribution in [0.25, 0.3) is 0 Å². The van der Waals surface area contributed by atoms with Gasteiger partial charge in [-0.1, -0.05) is 12.1 Å². The van der Waals surface area contributed by atoms with E-state index in [0.29, 0.717) is 12.6 Å². The molecule has 1 saturated heterocycles. The van der Waals surface area contributed by atoms with Crippen LogP contribution in [0.2, 0.25) is 0 Å². The van der Waals surface area contributed by atoms with Crippen molar-refractivity contribution in [2.75, 3.05) is 13.1 Å². The van der Waals surface area contributed by atoms with E-state index >= 15 is 0 Å². The number of carboxylic acids is 1. The fourth-order valence-corrected chi connectivity index (χ4v) is 2.10. The molecule has 1 aromatic rings. The summed E-state index contributed by atoms with van der Waals surface area (Å²) in [6, 6.07) is 6.46. The van der Waals surface area contributed by atoms with Gasteiger partial charge in [0.05, 0.1) is 0 Å². The highest BCUT2D eigenvalue weighted by atomic mass is 19.4. The van der Waals surface area contributed by atoms with Gasteiger partial charge in [0.15, 0.2) is 0 Å². The summed E-state index contributed by atoms with van der Waals surface area (Å²) in [7, 11) is 0. The topological polar surface area (TPSA) is 70.6 Å². The van der Waals surface area contributed by atoms with Gasteiger partial charge >= 0.3 is 18.5 Å². The highest BCUT2D eigenvalue weighted by molar-refractivity contribution is 5.73. The van der Waals surface area contributed by atoms with Crippen LogP contribution in [0.4, 0.5) is 26.3 Å². The van der Waals surface area contributed by atoms with E-state index in [9.17, 15) is 26.3 Å². The van der Waals surface area contributed by atoms with Gasteiger partial charge in [0.1, 0.15) is 5.75 Å². The van der Waals surface area contributed by atoms with E-state index in [4.69, 9.17) is 9.90 Å². The van der Waals surface area contributed by atoms with Crippen LogP contribution in [0.1, 0.15) is 18.4 Å². The quantitative estimate of drug-likeness (QED) is 0.692. The monoisotopic (exact) mass is 388 g/mol. The van der Waals surface area contributed by atoms with Crippen LogP contribution in [0.3, 0.4) is 0 Å². The molecule has 0 radical (unpaired) electrons. The van der Waals surface area contributed by atoms with Crippen molar-refractivity contribution in [2.45, 2.75) is 38.0 Å². The van der Waals surface area contributed by atoms with Crippen LogP contribution < -0.4 is 15.4 Å². The summed E-state index contributed by atoms with van der Waals surface area (Å²) in [6.07, 6.45) is -7.56. The molecule has 0 aromatic heterocycles. The molecular weight excluding hydrogens is 370 g/mol. The Morgan fingerprint density at radius 2 is 1.62 bits per heavy atom. The van der Waals surface area contributed by atoms with Crippen molar-refractivity contribution in [1.29, 1.82) is 0 Å². The summed E-state index contributed by atoms with van der Waals surface area (Å²) in [6.45, 7) is 2.68.